The third-order valence-corrected chi connectivity index (χ3v) is 5.58. The predicted octanol–water partition coefficient (Wildman–Crippen LogP) is 2.22. The molecule has 2 saturated heterocycles. The van der Waals surface area contributed by atoms with Gasteiger partial charge in [0.05, 0.1) is 25.0 Å². The van der Waals surface area contributed by atoms with Gasteiger partial charge in [-0.1, -0.05) is 0 Å². The minimum atomic E-state index is -0.0766. The summed E-state index contributed by atoms with van der Waals surface area (Å²) in [4.78, 5) is 17.2. The van der Waals surface area contributed by atoms with E-state index in [4.69, 9.17) is 9.15 Å². The van der Waals surface area contributed by atoms with Gasteiger partial charge in [0.1, 0.15) is 5.76 Å². The fraction of sp³-hybridized carbons (Fsp3) is 0.706. The van der Waals surface area contributed by atoms with Crippen molar-refractivity contribution in [2.75, 3.05) is 37.7 Å². The molecule has 128 valence electrons. The summed E-state index contributed by atoms with van der Waals surface area (Å²) in [5.41, 5.74) is 0. The minimum Gasteiger partial charge on any atom is -0.467 e. The molecule has 0 aromatic carbocycles. The zero-order chi connectivity index (χ0) is 16.1. The van der Waals surface area contributed by atoms with Gasteiger partial charge in [-0.25, -0.2) is 0 Å². The number of thioether (sulfide) groups is 1. The van der Waals surface area contributed by atoms with Gasteiger partial charge in [-0.2, -0.15) is 11.8 Å². The van der Waals surface area contributed by atoms with E-state index in [1.807, 2.05) is 35.7 Å². The van der Waals surface area contributed by atoms with Crippen LogP contribution in [0.25, 0.3) is 0 Å². The van der Waals surface area contributed by atoms with Crippen LogP contribution < -0.4 is 0 Å². The molecule has 0 unspecified atom stereocenters. The SMILES string of the molecule is C[C@H](C(=O)N(Cc1ccco1)C[C@H]1CCCO1)N1CCSCC1. The molecule has 0 aliphatic carbocycles. The molecule has 2 aliphatic heterocycles. The van der Waals surface area contributed by atoms with Crippen LogP contribution in [-0.4, -0.2) is 65.6 Å². The van der Waals surface area contributed by atoms with Crippen LogP contribution in [0.15, 0.2) is 22.8 Å². The lowest BCUT2D eigenvalue weighted by molar-refractivity contribution is -0.138. The third kappa shape index (κ3) is 4.52. The van der Waals surface area contributed by atoms with Gasteiger partial charge in [-0.15, -0.1) is 0 Å². The number of furan rings is 1. The van der Waals surface area contributed by atoms with Crippen molar-refractivity contribution < 1.29 is 13.9 Å². The number of hydrogen-bond acceptors (Lipinski definition) is 5. The Labute approximate surface area is 142 Å². The van der Waals surface area contributed by atoms with Gasteiger partial charge in [0, 0.05) is 37.7 Å². The molecule has 3 heterocycles. The fourth-order valence-corrected chi connectivity index (χ4v) is 4.17. The van der Waals surface area contributed by atoms with E-state index in [0.29, 0.717) is 13.1 Å². The number of hydrogen-bond donors (Lipinski definition) is 0. The molecule has 0 radical (unpaired) electrons. The Morgan fingerprint density at radius 2 is 2.30 bits per heavy atom. The number of carbonyl (C=O) groups excluding carboxylic acids is 1. The average Bonchev–Trinajstić information content (AvgIpc) is 3.27. The van der Waals surface area contributed by atoms with E-state index < -0.39 is 0 Å². The first-order chi connectivity index (χ1) is 11.2. The number of nitrogens with zero attached hydrogens (tertiary/aromatic N) is 2. The van der Waals surface area contributed by atoms with Gasteiger partial charge < -0.3 is 14.1 Å². The van der Waals surface area contributed by atoms with E-state index in [2.05, 4.69) is 4.90 Å². The second-order valence-corrected chi connectivity index (χ2v) is 7.48. The zero-order valence-electron chi connectivity index (χ0n) is 13.8. The highest BCUT2D eigenvalue weighted by atomic mass is 32.2. The predicted molar refractivity (Wildman–Crippen MR) is 91.5 cm³/mol. The van der Waals surface area contributed by atoms with Crippen LogP contribution in [0, 0.1) is 0 Å². The lowest BCUT2D eigenvalue weighted by atomic mass is 10.2. The highest BCUT2D eigenvalue weighted by Crippen LogP contribution is 2.19. The van der Waals surface area contributed by atoms with Crippen molar-refractivity contribution >= 4 is 17.7 Å². The van der Waals surface area contributed by atoms with Crippen molar-refractivity contribution in [1.29, 1.82) is 0 Å². The third-order valence-electron chi connectivity index (χ3n) is 4.64. The Balaban J connectivity index is 1.65. The summed E-state index contributed by atoms with van der Waals surface area (Å²) in [5, 5.41) is 0. The van der Waals surface area contributed by atoms with Gasteiger partial charge in [0.2, 0.25) is 5.91 Å². The second kappa shape index (κ2) is 8.22. The van der Waals surface area contributed by atoms with Crippen molar-refractivity contribution in [3.05, 3.63) is 24.2 Å². The summed E-state index contributed by atoms with van der Waals surface area (Å²) in [6.45, 7) is 6.01. The zero-order valence-corrected chi connectivity index (χ0v) is 14.6. The lowest BCUT2D eigenvalue weighted by Crippen LogP contribution is -2.50. The summed E-state index contributed by atoms with van der Waals surface area (Å²) in [6, 6.07) is 3.72. The molecule has 2 fully saturated rings. The number of amides is 1. The summed E-state index contributed by atoms with van der Waals surface area (Å²) < 4.78 is 11.2. The lowest BCUT2D eigenvalue weighted by Gasteiger charge is -2.35. The Kier molecular flexibility index (Phi) is 6.02. The van der Waals surface area contributed by atoms with Gasteiger partial charge in [-0.05, 0) is 31.9 Å². The van der Waals surface area contributed by atoms with Gasteiger partial charge in [0.15, 0.2) is 0 Å². The quantitative estimate of drug-likeness (QED) is 0.796. The van der Waals surface area contributed by atoms with Crippen LogP contribution in [0.4, 0.5) is 0 Å². The number of ether oxygens (including phenoxy) is 1. The highest BCUT2D eigenvalue weighted by molar-refractivity contribution is 7.99. The number of rotatable bonds is 6. The number of carbonyl (C=O) groups is 1. The summed E-state index contributed by atoms with van der Waals surface area (Å²) in [5.74, 6) is 3.24. The van der Waals surface area contributed by atoms with E-state index in [0.717, 1.165) is 49.8 Å². The monoisotopic (exact) mass is 338 g/mol. The van der Waals surface area contributed by atoms with Crippen LogP contribution in [0.3, 0.4) is 0 Å². The molecule has 1 amide bonds. The van der Waals surface area contributed by atoms with Crippen molar-refractivity contribution in [2.45, 2.75) is 38.5 Å². The molecule has 0 spiro atoms. The van der Waals surface area contributed by atoms with Crippen molar-refractivity contribution in [1.82, 2.24) is 9.80 Å². The van der Waals surface area contributed by atoms with Gasteiger partial charge in [-0.3, -0.25) is 9.69 Å². The van der Waals surface area contributed by atoms with Crippen molar-refractivity contribution in [2.24, 2.45) is 0 Å². The minimum absolute atomic E-state index is 0.0766. The Morgan fingerprint density at radius 3 is 2.96 bits per heavy atom. The normalized spacial score (nSPS) is 23.8. The molecule has 23 heavy (non-hydrogen) atoms. The maximum atomic E-state index is 13.0. The molecule has 3 rings (SSSR count). The highest BCUT2D eigenvalue weighted by Gasteiger charge is 2.30. The van der Waals surface area contributed by atoms with E-state index in [1.165, 1.54) is 0 Å². The molecule has 2 aliphatic rings. The van der Waals surface area contributed by atoms with E-state index in [-0.39, 0.29) is 18.1 Å². The maximum absolute atomic E-state index is 13.0. The first kappa shape index (κ1) is 16.9. The van der Waals surface area contributed by atoms with Crippen LogP contribution in [-0.2, 0) is 16.1 Å². The molecule has 0 N–H and O–H groups in total. The van der Waals surface area contributed by atoms with Crippen LogP contribution in [0.1, 0.15) is 25.5 Å². The molecule has 0 saturated carbocycles. The molecule has 2 atom stereocenters. The second-order valence-electron chi connectivity index (χ2n) is 6.26. The molecule has 1 aromatic heterocycles. The maximum Gasteiger partial charge on any atom is 0.240 e. The van der Waals surface area contributed by atoms with E-state index >= 15 is 0 Å². The first-order valence-electron chi connectivity index (χ1n) is 8.48. The Hall–Kier alpha value is -0.980. The van der Waals surface area contributed by atoms with E-state index in [9.17, 15) is 4.79 Å². The van der Waals surface area contributed by atoms with Crippen LogP contribution in [0.5, 0.6) is 0 Å². The largest absolute Gasteiger partial charge is 0.467 e. The molecular formula is C17H26N2O3S. The molecular weight excluding hydrogens is 312 g/mol. The van der Waals surface area contributed by atoms with Gasteiger partial charge >= 0.3 is 0 Å². The Morgan fingerprint density at radius 1 is 1.48 bits per heavy atom. The van der Waals surface area contributed by atoms with Crippen molar-refractivity contribution in [3.8, 4) is 0 Å². The van der Waals surface area contributed by atoms with Crippen LogP contribution in [0.2, 0.25) is 0 Å². The standard InChI is InChI=1S/C17H26N2O3S/c1-14(18-6-10-23-11-7-18)17(20)19(12-15-4-2-8-21-15)13-16-5-3-9-22-16/h2,4,8,14,16H,3,5-7,9-13H2,1H3/t14-,16-/m1/s1. The first-order valence-corrected chi connectivity index (χ1v) is 9.64. The average molecular weight is 338 g/mol. The summed E-state index contributed by atoms with van der Waals surface area (Å²) in [7, 11) is 0. The van der Waals surface area contributed by atoms with Crippen LogP contribution >= 0.6 is 11.8 Å². The molecule has 1 aromatic rings. The molecule has 0 bridgehead atoms. The Bertz CT molecular complexity index is 482. The van der Waals surface area contributed by atoms with Gasteiger partial charge in [0.25, 0.3) is 0 Å². The smallest absolute Gasteiger partial charge is 0.240 e. The summed E-state index contributed by atoms with van der Waals surface area (Å²) in [6.07, 6.45) is 3.95. The molecule has 5 nitrogen and oxygen atoms in total. The van der Waals surface area contributed by atoms with E-state index in [1.54, 1.807) is 6.26 Å². The summed E-state index contributed by atoms with van der Waals surface area (Å²) >= 11 is 1.96. The van der Waals surface area contributed by atoms with Crippen molar-refractivity contribution in [3.63, 3.8) is 0 Å². The molecule has 6 heteroatoms. The fourth-order valence-electron chi connectivity index (χ4n) is 3.24. The topological polar surface area (TPSA) is 45.9 Å².